The Balaban J connectivity index is 1.51. The van der Waals surface area contributed by atoms with E-state index in [1.54, 1.807) is 5.57 Å². The molecule has 2 N–H and O–H groups in total. The topological polar surface area (TPSA) is 59.0 Å². The quantitative estimate of drug-likeness (QED) is 0.259. The summed E-state index contributed by atoms with van der Waals surface area (Å²) in [7, 11) is 0. The van der Waals surface area contributed by atoms with Crippen LogP contribution in [0.1, 0.15) is 80.5 Å². The Morgan fingerprint density at radius 2 is 1.74 bits per heavy atom. The highest BCUT2D eigenvalue weighted by molar-refractivity contribution is 5.91. The fraction of sp³-hybridized carbons (Fsp3) is 0.361. The molecule has 0 bridgehead atoms. The predicted molar refractivity (Wildman–Crippen MR) is 161 cm³/mol. The van der Waals surface area contributed by atoms with E-state index in [4.69, 9.17) is 22.3 Å². The highest BCUT2D eigenvalue weighted by Crippen LogP contribution is 2.66. The molecule has 0 radical (unpaired) electrons. The van der Waals surface area contributed by atoms with Gasteiger partial charge < -0.3 is 10.5 Å². The molecule has 1 fully saturated rings. The number of benzene rings is 3. The van der Waals surface area contributed by atoms with Crippen LogP contribution in [0.2, 0.25) is 0 Å². The van der Waals surface area contributed by atoms with E-state index >= 15 is 0 Å². The zero-order valence-electron chi connectivity index (χ0n) is 23.2. The summed E-state index contributed by atoms with van der Waals surface area (Å²) in [4.78, 5) is 0. The van der Waals surface area contributed by atoms with Gasteiger partial charge in [-0.15, -0.1) is 0 Å². The second kappa shape index (κ2) is 12.1. The van der Waals surface area contributed by atoms with Crippen LogP contribution < -0.4 is 10.5 Å². The van der Waals surface area contributed by atoms with Crippen molar-refractivity contribution in [1.29, 1.82) is 5.26 Å². The standard InChI is InChI=1S/C36H40N2O/c1-3-4-5-7-14-30-23-32-33(38)21-22-36(32,35(30)29-12-8-6-9-13-29)26(2)31-15-10-11-16-34(31)39-25-28-19-17-27(24-37)18-20-28/h6,8-13,15-20,32-33H,2-5,7,14,21-23,25,38H2,1H3. The molecule has 2 aliphatic rings. The number of nitriles is 1. The summed E-state index contributed by atoms with van der Waals surface area (Å²) in [6.45, 7) is 7.54. The maximum atomic E-state index is 9.12. The number of hydrogen-bond donors (Lipinski definition) is 1. The molecule has 2 aliphatic carbocycles. The molecule has 3 aromatic rings. The number of rotatable bonds is 11. The molecule has 0 heterocycles. The van der Waals surface area contributed by atoms with Gasteiger partial charge in [0, 0.05) is 17.0 Å². The van der Waals surface area contributed by atoms with Gasteiger partial charge in [-0.2, -0.15) is 5.26 Å². The minimum atomic E-state index is -0.186. The van der Waals surface area contributed by atoms with Crippen LogP contribution in [0.4, 0.5) is 0 Å². The lowest BCUT2D eigenvalue weighted by atomic mass is 9.66. The highest BCUT2D eigenvalue weighted by Gasteiger charge is 2.56. The SMILES string of the molecule is C=C(c1ccccc1OCc1ccc(C#N)cc1)C12CCC(N)C1CC(CCCCCC)=C2c1ccccc1. The highest BCUT2D eigenvalue weighted by atomic mass is 16.5. The summed E-state index contributed by atoms with van der Waals surface area (Å²) in [6.07, 6.45) is 9.27. The van der Waals surface area contributed by atoms with Crippen LogP contribution >= 0.6 is 0 Å². The molecule has 3 unspecified atom stereocenters. The van der Waals surface area contributed by atoms with Gasteiger partial charge in [0.25, 0.3) is 0 Å². The average molecular weight is 517 g/mol. The van der Waals surface area contributed by atoms with Gasteiger partial charge in [-0.1, -0.05) is 99.0 Å². The molecule has 0 spiro atoms. The minimum absolute atomic E-state index is 0.167. The van der Waals surface area contributed by atoms with Crippen molar-refractivity contribution in [2.75, 3.05) is 0 Å². The molecule has 39 heavy (non-hydrogen) atoms. The molecule has 0 saturated heterocycles. The van der Waals surface area contributed by atoms with E-state index in [2.05, 4.69) is 61.5 Å². The van der Waals surface area contributed by atoms with Crippen molar-refractivity contribution < 1.29 is 4.74 Å². The van der Waals surface area contributed by atoms with Crippen LogP contribution in [-0.4, -0.2) is 6.04 Å². The normalized spacial score (nSPS) is 22.0. The van der Waals surface area contributed by atoms with Gasteiger partial charge in [-0.3, -0.25) is 0 Å². The summed E-state index contributed by atoms with van der Waals surface area (Å²) >= 11 is 0. The Hall–Kier alpha value is -3.61. The van der Waals surface area contributed by atoms with E-state index in [1.165, 1.54) is 36.8 Å². The molecule has 1 saturated carbocycles. The van der Waals surface area contributed by atoms with E-state index in [1.807, 2.05) is 30.3 Å². The Labute approximate surface area is 234 Å². The molecular weight excluding hydrogens is 476 g/mol. The second-order valence-corrected chi connectivity index (χ2v) is 11.2. The first-order chi connectivity index (χ1) is 19.1. The zero-order valence-corrected chi connectivity index (χ0v) is 23.2. The maximum absolute atomic E-state index is 9.12. The van der Waals surface area contributed by atoms with Crippen LogP contribution in [0.5, 0.6) is 5.75 Å². The van der Waals surface area contributed by atoms with Crippen molar-refractivity contribution in [1.82, 2.24) is 0 Å². The second-order valence-electron chi connectivity index (χ2n) is 11.2. The molecule has 5 rings (SSSR count). The summed E-state index contributed by atoms with van der Waals surface area (Å²) in [5.41, 5.74) is 15.0. The van der Waals surface area contributed by atoms with Crippen LogP contribution in [-0.2, 0) is 6.61 Å². The number of para-hydroxylation sites is 1. The summed E-state index contributed by atoms with van der Waals surface area (Å²) in [6, 6.07) is 29.2. The fourth-order valence-electron chi connectivity index (χ4n) is 6.97. The monoisotopic (exact) mass is 516 g/mol. The number of unbranched alkanes of at least 4 members (excludes halogenated alkanes) is 3. The third-order valence-corrected chi connectivity index (χ3v) is 8.91. The van der Waals surface area contributed by atoms with E-state index < -0.39 is 0 Å². The van der Waals surface area contributed by atoms with Crippen LogP contribution in [0, 0.1) is 22.7 Å². The van der Waals surface area contributed by atoms with Gasteiger partial charge in [-0.05, 0) is 78.5 Å². The van der Waals surface area contributed by atoms with Crippen LogP contribution in [0.25, 0.3) is 11.1 Å². The number of fused-ring (bicyclic) bond motifs is 1. The first kappa shape index (κ1) is 27.0. The largest absolute Gasteiger partial charge is 0.488 e. The van der Waals surface area contributed by atoms with Crippen LogP contribution in [0.3, 0.4) is 0 Å². The van der Waals surface area contributed by atoms with Crippen molar-refractivity contribution in [3.63, 3.8) is 0 Å². The van der Waals surface area contributed by atoms with Gasteiger partial charge in [0.2, 0.25) is 0 Å². The van der Waals surface area contributed by atoms with Crippen molar-refractivity contribution in [3.8, 4) is 11.8 Å². The fourth-order valence-corrected chi connectivity index (χ4v) is 6.97. The maximum Gasteiger partial charge on any atom is 0.127 e. The Morgan fingerprint density at radius 3 is 2.49 bits per heavy atom. The van der Waals surface area contributed by atoms with Gasteiger partial charge in [-0.25, -0.2) is 0 Å². The van der Waals surface area contributed by atoms with Crippen molar-refractivity contribution >= 4 is 11.1 Å². The van der Waals surface area contributed by atoms with Crippen LogP contribution in [0.15, 0.2) is 91.0 Å². The number of allylic oxidation sites excluding steroid dienone is 3. The lowest BCUT2D eigenvalue weighted by Gasteiger charge is -2.37. The molecule has 3 atom stereocenters. The van der Waals surface area contributed by atoms with Gasteiger partial charge in [0.15, 0.2) is 0 Å². The lowest BCUT2D eigenvalue weighted by Crippen LogP contribution is -2.33. The predicted octanol–water partition coefficient (Wildman–Crippen LogP) is 8.70. The Kier molecular flexibility index (Phi) is 8.34. The first-order valence-electron chi connectivity index (χ1n) is 14.5. The number of ether oxygens (including phenoxy) is 1. The number of nitrogens with zero attached hydrogens (tertiary/aromatic N) is 1. The molecule has 3 aromatic carbocycles. The van der Waals surface area contributed by atoms with E-state index in [-0.39, 0.29) is 11.5 Å². The molecule has 3 nitrogen and oxygen atoms in total. The van der Waals surface area contributed by atoms with Gasteiger partial charge >= 0.3 is 0 Å². The smallest absolute Gasteiger partial charge is 0.127 e. The molecule has 200 valence electrons. The third kappa shape index (κ3) is 5.32. The third-order valence-electron chi connectivity index (χ3n) is 8.91. The summed E-state index contributed by atoms with van der Waals surface area (Å²) in [5.74, 6) is 1.21. The van der Waals surface area contributed by atoms with Gasteiger partial charge in [0.05, 0.1) is 11.6 Å². The molecular formula is C36H40N2O. The first-order valence-corrected chi connectivity index (χ1v) is 14.5. The molecule has 0 aliphatic heterocycles. The minimum Gasteiger partial charge on any atom is -0.488 e. The number of nitrogens with two attached hydrogens (primary N) is 1. The number of hydrogen-bond acceptors (Lipinski definition) is 3. The summed E-state index contributed by atoms with van der Waals surface area (Å²) < 4.78 is 6.42. The Bertz CT molecular complexity index is 1370. The molecule has 0 amide bonds. The molecule has 0 aromatic heterocycles. The molecule has 3 heteroatoms. The van der Waals surface area contributed by atoms with Crippen molar-refractivity contribution in [2.45, 2.75) is 70.9 Å². The van der Waals surface area contributed by atoms with Crippen molar-refractivity contribution in [2.24, 2.45) is 17.1 Å². The Morgan fingerprint density at radius 1 is 1.00 bits per heavy atom. The van der Waals surface area contributed by atoms with E-state index in [0.29, 0.717) is 18.1 Å². The zero-order chi connectivity index (χ0) is 27.2. The van der Waals surface area contributed by atoms with E-state index in [0.717, 1.165) is 48.1 Å². The van der Waals surface area contributed by atoms with Gasteiger partial charge in [0.1, 0.15) is 12.4 Å². The average Bonchev–Trinajstić information content (AvgIpc) is 3.49. The van der Waals surface area contributed by atoms with Crippen molar-refractivity contribution in [3.05, 3.63) is 113 Å². The lowest BCUT2D eigenvalue weighted by molar-refractivity contribution is 0.303. The summed E-state index contributed by atoms with van der Waals surface area (Å²) in [5, 5.41) is 9.12. The van der Waals surface area contributed by atoms with E-state index in [9.17, 15) is 0 Å².